The summed E-state index contributed by atoms with van der Waals surface area (Å²) in [6, 6.07) is 0. The molecule has 13 heteroatoms. The Morgan fingerprint density at radius 1 is 0.848 bits per heavy atom. The van der Waals surface area contributed by atoms with Crippen LogP contribution >= 0.6 is 0 Å². The zero-order chi connectivity index (χ0) is 25.4. The van der Waals surface area contributed by atoms with Crippen LogP contribution in [0.5, 0.6) is 0 Å². The second-order valence-corrected chi connectivity index (χ2v) is 8.48. The van der Waals surface area contributed by atoms with Gasteiger partial charge in [0, 0.05) is 18.2 Å². The van der Waals surface area contributed by atoms with Gasteiger partial charge in [-0.3, -0.25) is 24.1 Å². The highest BCUT2D eigenvalue weighted by atomic mass is 16.3. The average molecular weight is 475 g/mol. The number of carbonyl (C=O) groups excluding carboxylic acids is 4. The highest BCUT2D eigenvalue weighted by molar-refractivity contribution is 6.15. The van der Waals surface area contributed by atoms with E-state index in [1.807, 2.05) is 0 Å². The smallest absolute Gasteiger partial charge is 0.256 e. The number of amides is 4. The largest absolute Gasteiger partial charge is 0.394 e. The Hall–Kier alpha value is -2.42. The third-order valence-electron chi connectivity index (χ3n) is 5.82. The molecule has 0 fully saturated rings. The Labute approximate surface area is 190 Å². The SMILES string of the molecule is CC1=CC(=O)N(CCCC(C)(C(=O)NC(CO)(CO)CO)C(=O)NC(CO)(CO)CO)C1=O. The zero-order valence-corrected chi connectivity index (χ0v) is 18.7. The number of aliphatic hydroxyl groups is 6. The third-order valence-corrected chi connectivity index (χ3v) is 5.82. The van der Waals surface area contributed by atoms with Crippen LogP contribution in [0.1, 0.15) is 26.7 Å². The molecule has 188 valence electrons. The molecule has 0 aromatic rings. The predicted octanol–water partition coefficient (Wildman–Crippen LogP) is -4.25. The lowest BCUT2D eigenvalue weighted by molar-refractivity contribution is -0.148. The van der Waals surface area contributed by atoms with E-state index in [0.717, 1.165) is 11.0 Å². The summed E-state index contributed by atoms with van der Waals surface area (Å²) in [6.45, 7) is -2.53. The van der Waals surface area contributed by atoms with Crippen LogP contribution in [0.3, 0.4) is 0 Å². The van der Waals surface area contributed by atoms with Gasteiger partial charge in [-0.05, 0) is 26.7 Å². The van der Waals surface area contributed by atoms with Crippen molar-refractivity contribution < 1.29 is 49.8 Å². The lowest BCUT2D eigenvalue weighted by atomic mass is 9.81. The molecule has 1 aliphatic rings. The van der Waals surface area contributed by atoms with E-state index >= 15 is 0 Å². The van der Waals surface area contributed by atoms with Gasteiger partial charge in [-0.2, -0.15) is 0 Å². The normalized spacial score (nSPS) is 15.0. The number of hydrogen-bond donors (Lipinski definition) is 8. The summed E-state index contributed by atoms with van der Waals surface area (Å²) >= 11 is 0. The van der Waals surface area contributed by atoms with Gasteiger partial charge in [-0.25, -0.2) is 0 Å². The molecule has 0 aromatic carbocycles. The quantitative estimate of drug-likeness (QED) is 0.0893. The number of carbonyl (C=O) groups is 4. The Kier molecular flexibility index (Phi) is 10.1. The van der Waals surface area contributed by atoms with Gasteiger partial charge in [0.05, 0.1) is 39.6 Å². The van der Waals surface area contributed by atoms with Crippen molar-refractivity contribution in [1.29, 1.82) is 0 Å². The van der Waals surface area contributed by atoms with Crippen molar-refractivity contribution in [2.45, 2.75) is 37.8 Å². The van der Waals surface area contributed by atoms with E-state index < -0.39 is 79.8 Å². The van der Waals surface area contributed by atoms with Crippen LogP contribution in [0.4, 0.5) is 0 Å². The summed E-state index contributed by atoms with van der Waals surface area (Å²) in [5, 5.41) is 61.6. The van der Waals surface area contributed by atoms with E-state index in [2.05, 4.69) is 10.6 Å². The summed E-state index contributed by atoms with van der Waals surface area (Å²) in [6.07, 6.45) is 0.902. The topological polar surface area (TPSA) is 217 Å². The number of nitrogens with zero attached hydrogens (tertiary/aromatic N) is 1. The van der Waals surface area contributed by atoms with Gasteiger partial charge < -0.3 is 41.3 Å². The molecule has 1 rings (SSSR count). The number of imide groups is 1. The fourth-order valence-corrected chi connectivity index (χ4v) is 3.07. The van der Waals surface area contributed by atoms with Gasteiger partial charge in [0.1, 0.15) is 16.5 Å². The molecular formula is C20H33N3O10. The third kappa shape index (κ3) is 6.13. The maximum absolute atomic E-state index is 13.1. The molecular weight excluding hydrogens is 442 g/mol. The molecule has 4 amide bonds. The molecule has 1 aliphatic heterocycles. The number of rotatable bonds is 14. The Bertz CT molecular complexity index is 724. The lowest BCUT2D eigenvalue weighted by Gasteiger charge is -2.37. The first-order valence-corrected chi connectivity index (χ1v) is 10.3. The molecule has 13 nitrogen and oxygen atoms in total. The fraction of sp³-hybridized carbons (Fsp3) is 0.700. The van der Waals surface area contributed by atoms with Crippen LogP contribution in [0.25, 0.3) is 0 Å². The molecule has 0 spiro atoms. The fourth-order valence-electron chi connectivity index (χ4n) is 3.07. The maximum atomic E-state index is 13.1. The standard InChI is InChI=1S/C20H33N3O10/c1-13-6-14(30)23(15(13)31)5-3-4-18(2,16(32)21-19(7-24,8-25)9-26)17(33)22-20(10-27,11-28)12-29/h6,24-29H,3-5,7-12H2,1-2H3,(H,21,32)(H,22,33). The van der Waals surface area contributed by atoms with Crippen molar-refractivity contribution in [2.24, 2.45) is 5.41 Å². The Morgan fingerprint density at radius 3 is 1.55 bits per heavy atom. The molecule has 0 atom stereocenters. The summed E-state index contributed by atoms with van der Waals surface area (Å²) in [5.41, 5.74) is -5.43. The number of hydrogen-bond acceptors (Lipinski definition) is 10. The van der Waals surface area contributed by atoms with Crippen LogP contribution in [0.15, 0.2) is 11.6 Å². The van der Waals surface area contributed by atoms with E-state index in [0.29, 0.717) is 0 Å². The Morgan fingerprint density at radius 2 is 1.24 bits per heavy atom. The zero-order valence-electron chi connectivity index (χ0n) is 18.7. The second kappa shape index (κ2) is 11.6. The van der Waals surface area contributed by atoms with Crippen molar-refractivity contribution >= 4 is 23.6 Å². The lowest BCUT2D eigenvalue weighted by Crippen LogP contribution is -2.65. The van der Waals surface area contributed by atoms with Gasteiger partial charge in [0.15, 0.2) is 0 Å². The Balaban J connectivity index is 3.16. The molecule has 0 aliphatic carbocycles. The van der Waals surface area contributed by atoms with Crippen LogP contribution < -0.4 is 10.6 Å². The average Bonchev–Trinajstić information content (AvgIpc) is 3.06. The van der Waals surface area contributed by atoms with Crippen molar-refractivity contribution in [3.8, 4) is 0 Å². The molecule has 0 saturated heterocycles. The van der Waals surface area contributed by atoms with Gasteiger partial charge in [0.2, 0.25) is 11.8 Å². The van der Waals surface area contributed by atoms with Gasteiger partial charge in [-0.1, -0.05) is 0 Å². The highest BCUT2D eigenvalue weighted by Crippen LogP contribution is 2.27. The molecule has 0 bridgehead atoms. The number of nitrogens with one attached hydrogen (secondary N) is 2. The van der Waals surface area contributed by atoms with Gasteiger partial charge >= 0.3 is 0 Å². The van der Waals surface area contributed by atoms with Crippen LogP contribution in [0.2, 0.25) is 0 Å². The van der Waals surface area contributed by atoms with E-state index in [4.69, 9.17) is 0 Å². The predicted molar refractivity (Wildman–Crippen MR) is 112 cm³/mol. The molecule has 33 heavy (non-hydrogen) atoms. The summed E-state index contributed by atoms with van der Waals surface area (Å²) in [5.74, 6) is -3.08. The van der Waals surface area contributed by atoms with E-state index in [1.165, 1.54) is 13.8 Å². The minimum absolute atomic E-state index is 0.00924. The first kappa shape index (κ1) is 28.6. The van der Waals surface area contributed by atoms with Crippen molar-refractivity contribution in [2.75, 3.05) is 46.2 Å². The minimum atomic E-state index is -1.98. The van der Waals surface area contributed by atoms with Crippen LogP contribution in [0, 0.1) is 5.41 Å². The summed E-state index contributed by atoms with van der Waals surface area (Å²) in [7, 11) is 0. The van der Waals surface area contributed by atoms with Gasteiger partial charge in [0.25, 0.3) is 11.8 Å². The maximum Gasteiger partial charge on any atom is 0.256 e. The monoisotopic (exact) mass is 475 g/mol. The van der Waals surface area contributed by atoms with Crippen molar-refractivity contribution in [1.82, 2.24) is 15.5 Å². The molecule has 8 N–H and O–H groups in total. The second-order valence-electron chi connectivity index (χ2n) is 8.48. The van der Waals surface area contributed by atoms with Crippen molar-refractivity contribution in [3.63, 3.8) is 0 Å². The van der Waals surface area contributed by atoms with E-state index in [-0.39, 0.29) is 25.0 Å². The van der Waals surface area contributed by atoms with Crippen molar-refractivity contribution in [3.05, 3.63) is 11.6 Å². The minimum Gasteiger partial charge on any atom is -0.394 e. The molecule has 0 radical (unpaired) electrons. The summed E-state index contributed by atoms with van der Waals surface area (Å²) in [4.78, 5) is 51.2. The molecule has 1 heterocycles. The highest BCUT2D eigenvalue weighted by Gasteiger charge is 2.47. The first-order chi connectivity index (χ1) is 15.4. The summed E-state index contributed by atoms with van der Waals surface area (Å²) < 4.78 is 0. The molecule has 0 unspecified atom stereocenters. The molecule has 0 saturated carbocycles. The molecule has 0 aromatic heterocycles. The van der Waals surface area contributed by atoms with E-state index in [9.17, 15) is 49.8 Å². The van der Waals surface area contributed by atoms with Crippen LogP contribution in [-0.2, 0) is 19.2 Å². The van der Waals surface area contributed by atoms with Crippen LogP contribution in [-0.4, -0.2) is 116 Å². The van der Waals surface area contributed by atoms with E-state index in [1.54, 1.807) is 0 Å². The first-order valence-electron chi connectivity index (χ1n) is 10.3. The van der Waals surface area contributed by atoms with Gasteiger partial charge in [-0.15, -0.1) is 0 Å². The number of aliphatic hydroxyl groups excluding tert-OH is 6.